The van der Waals surface area contributed by atoms with Gasteiger partial charge in [-0.3, -0.25) is 9.69 Å². The molecular formula is C21H26FN3O3. The van der Waals surface area contributed by atoms with Crippen molar-refractivity contribution in [2.45, 2.75) is 52.5 Å². The maximum atomic E-state index is 13.2. The van der Waals surface area contributed by atoms with Gasteiger partial charge in [0, 0.05) is 18.2 Å². The van der Waals surface area contributed by atoms with Gasteiger partial charge in [-0.1, -0.05) is 6.92 Å². The van der Waals surface area contributed by atoms with E-state index in [1.807, 2.05) is 13.8 Å². The van der Waals surface area contributed by atoms with E-state index in [1.54, 1.807) is 0 Å². The fourth-order valence-corrected chi connectivity index (χ4v) is 3.73. The van der Waals surface area contributed by atoms with Crippen LogP contribution in [0.2, 0.25) is 0 Å². The van der Waals surface area contributed by atoms with Gasteiger partial charge in [0.25, 0.3) is 0 Å². The number of benzene rings is 1. The Bertz CT molecular complexity index is 852. The smallest absolute Gasteiger partial charge is 0.341 e. The van der Waals surface area contributed by atoms with E-state index < -0.39 is 5.97 Å². The summed E-state index contributed by atoms with van der Waals surface area (Å²) < 4.78 is 14.6. The van der Waals surface area contributed by atoms with Crippen LogP contribution in [-0.2, 0) is 4.79 Å². The third kappa shape index (κ3) is 4.08. The first-order valence-corrected chi connectivity index (χ1v) is 9.70. The van der Waals surface area contributed by atoms with E-state index in [9.17, 15) is 19.1 Å². The molecule has 1 N–H and O–H groups in total. The summed E-state index contributed by atoms with van der Waals surface area (Å²) >= 11 is 0. The van der Waals surface area contributed by atoms with Crippen molar-refractivity contribution in [2.75, 3.05) is 4.90 Å². The van der Waals surface area contributed by atoms with E-state index in [0.717, 1.165) is 25.7 Å². The Labute approximate surface area is 164 Å². The first kappa shape index (κ1) is 20.0. The lowest BCUT2D eigenvalue weighted by Gasteiger charge is -2.32. The van der Waals surface area contributed by atoms with E-state index in [4.69, 9.17) is 0 Å². The minimum Gasteiger partial charge on any atom is -0.477 e. The number of rotatable bonds is 5. The molecule has 0 radical (unpaired) electrons. The van der Waals surface area contributed by atoms with E-state index in [1.165, 1.54) is 40.0 Å². The molecule has 0 spiro atoms. The van der Waals surface area contributed by atoms with Gasteiger partial charge in [0.05, 0.1) is 5.69 Å². The Morgan fingerprint density at radius 1 is 1.18 bits per heavy atom. The van der Waals surface area contributed by atoms with Crippen molar-refractivity contribution in [1.29, 1.82) is 0 Å². The molecule has 6 nitrogen and oxygen atoms in total. The average Bonchev–Trinajstić information content (AvgIpc) is 3.07. The zero-order chi connectivity index (χ0) is 20.4. The molecule has 1 saturated carbocycles. The van der Waals surface area contributed by atoms with Gasteiger partial charge in [0.2, 0.25) is 5.91 Å². The molecule has 1 heterocycles. The van der Waals surface area contributed by atoms with Crippen LogP contribution < -0.4 is 4.90 Å². The summed E-state index contributed by atoms with van der Waals surface area (Å²) in [5.74, 6) is -0.983. The predicted molar refractivity (Wildman–Crippen MR) is 104 cm³/mol. The van der Waals surface area contributed by atoms with Crippen molar-refractivity contribution < 1.29 is 19.1 Å². The first-order valence-electron chi connectivity index (χ1n) is 9.70. The normalized spacial score (nSPS) is 19.6. The number of carbonyl (C=O) groups is 2. The molecule has 0 saturated heterocycles. The Hall–Kier alpha value is -2.70. The van der Waals surface area contributed by atoms with Crippen LogP contribution in [0.1, 0.15) is 56.8 Å². The van der Waals surface area contributed by atoms with Gasteiger partial charge >= 0.3 is 5.97 Å². The van der Waals surface area contributed by atoms with Gasteiger partial charge in [-0.25, -0.2) is 13.9 Å². The summed E-state index contributed by atoms with van der Waals surface area (Å²) in [4.78, 5) is 26.6. The second kappa shape index (κ2) is 8.12. The number of aromatic nitrogens is 2. The van der Waals surface area contributed by atoms with Gasteiger partial charge in [0.1, 0.15) is 11.4 Å². The standard InChI is InChI=1S/C21H26FN3O3/c1-13(2)25(20(26)15-6-4-14(3)5-7-15)19-18(21(27)28)12-24(23-19)17-10-8-16(22)9-11-17/h8-15H,4-7H2,1-3H3,(H,27,28). The summed E-state index contributed by atoms with van der Waals surface area (Å²) in [5, 5.41) is 14.1. The van der Waals surface area contributed by atoms with Gasteiger partial charge in [0.15, 0.2) is 5.82 Å². The number of nitrogens with zero attached hydrogens (tertiary/aromatic N) is 3. The van der Waals surface area contributed by atoms with Crippen LogP contribution in [0.3, 0.4) is 0 Å². The molecule has 1 fully saturated rings. The van der Waals surface area contributed by atoms with Gasteiger partial charge < -0.3 is 5.11 Å². The number of halogens is 1. The maximum absolute atomic E-state index is 13.2. The largest absolute Gasteiger partial charge is 0.477 e. The summed E-state index contributed by atoms with van der Waals surface area (Å²) in [6.07, 6.45) is 4.99. The molecule has 1 amide bonds. The molecule has 0 atom stereocenters. The Morgan fingerprint density at radius 3 is 2.32 bits per heavy atom. The second-order valence-corrected chi connectivity index (χ2v) is 7.85. The Balaban J connectivity index is 1.99. The number of hydrogen-bond donors (Lipinski definition) is 1. The van der Waals surface area contributed by atoms with Crippen LogP contribution in [-0.4, -0.2) is 32.8 Å². The number of aromatic carboxylic acids is 1. The highest BCUT2D eigenvalue weighted by Crippen LogP contribution is 2.32. The highest BCUT2D eigenvalue weighted by Gasteiger charge is 2.34. The van der Waals surface area contributed by atoms with Crippen molar-refractivity contribution in [3.8, 4) is 5.69 Å². The van der Waals surface area contributed by atoms with Gasteiger partial charge in [-0.2, -0.15) is 0 Å². The fourth-order valence-electron chi connectivity index (χ4n) is 3.73. The molecule has 7 heteroatoms. The molecule has 1 aliphatic carbocycles. The second-order valence-electron chi connectivity index (χ2n) is 7.85. The minimum atomic E-state index is -1.15. The SMILES string of the molecule is CC1CCC(C(=O)N(c2nn(-c3ccc(F)cc3)cc2C(=O)O)C(C)C)CC1. The number of hydrogen-bond acceptors (Lipinski definition) is 3. The molecule has 1 aromatic carbocycles. The molecule has 0 unspecified atom stereocenters. The summed E-state index contributed by atoms with van der Waals surface area (Å²) in [5.41, 5.74) is 0.480. The molecule has 0 bridgehead atoms. The highest BCUT2D eigenvalue weighted by atomic mass is 19.1. The lowest BCUT2D eigenvalue weighted by molar-refractivity contribution is -0.123. The van der Waals surface area contributed by atoms with Crippen molar-refractivity contribution >= 4 is 17.7 Å². The molecule has 150 valence electrons. The van der Waals surface area contributed by atoms with Crippen LogP contribution in [0.15, 0.2) is 30.5 Å². The number of amides is 1. The number of carbonyl (C=O) groups excluding carboxylic acids is 1. The lowest BCUT2D eigenvalue weighted by atomic mass is 9.82. The van der Waals surface area contributed by atoms with E-state index in [-0.39, 0.29) is 35.1 Å². The minimum absolute atomic E-state index is 0.0458. The number of carboxylic acids is 1. The third-order valence-corrected chi connectivity index (χ3v) is 5.36. The fraction of sp³-hybridized carbons (Fsp3) is 0.476. The molecular weight excluding hydrogens is 361 g/mol. The van der Waals surface area contributed by atoms with Crippen LogP contribution in [0, 0.1) is 17.7 Å². The quantitative estimate of drug-likeness (QED) is 0.831. The highest BCUT2D eigenvalue weighted by molar-refractivity contribution is 6.01. The average molecular weight is 387 g/mol. The predicted octanol–water partition coefficient (Wildman–Crippen LogP) is 4.28. The maximum Gasteiger partial charge on any atom is 0.341 e. The third-order valence-electron chi connectivity index (χ3n) is 5.36. The number of carboxylic acid groups (broad SMARTS) is 1. The van der Waals surface area contributed by atoms with Gasteiger partial charge in [-0.05, 0) is 69.7 Å². The van der Waals surface area contributed by atoms with E-state index in [0.29, 0.717) is 11.6 Å². The topological polar surface area (TPSA) is 75.4 Å². The first-order chi connectivity index (χ1) is 13.3. The zero-order valence-electron chi connectivity index (χ0n) is 16.4. The van der Waals surface area contributed by atoms with Crippen LogP contribution in [0.25, 0.3) is 5.69 Å². The zero-order valence-corrected chi connectivity index (χ0v) is 16.4. The summed E-state index contributed by atoms with van der Waals surface area (Å²) in [7, 11) is 0. The van der Waals surface area contributed by atoms with Crippen molar-refractivity contribution in [2.24, 2.45) is 11.8 Å². The van der Waals surface area contributed by atoms with Crippen LogP contribution in [0.5, 0.6) is 0 Å². The summed E-state index contributed by atoms with van der Waals surface area (Å²) in [6, 6.07) is 5.36. The van der Waals surface area contributed by atoms with Crippen molar-refractivity contribution in [3.05, 3.63) is 41.8 Å². The van der Waals surface area contributed by atoms with Gasteiger partial charge in [-0.15, -0.1) is 5.10 Å². The monoisotopic (exact) mass is 387 g/mol. The molecule has 3 rings (SSSR count). The molecule has 28 heavy (non-hydrogen) atoms. The Morgan fingerprint density at radius 2 is 1.79 bits per heavy atom. The molecule has 1 aliphatic rings. The molecule has 0 aliphatic heterocycles. The molecule has 2 aromatic rings. The van der Waals surface area contributed by atoms with E-state index >= 15 is 0 Å². The number of anilines is 1. The van der Waals surface area contributed by atoms with Crippen LogP contribution >= 0.6 is 0 Å². The summed E-state index contributed by atoms with van der Waals surface area (Å²) in [6.45, 7) is 5.89. The lowest BCUT2D eigenvalue weighted by Crippen LogP contribution is -2.43. The van der Waals surface area contributed by atoms with E-state index in [2.05, 4.69) is 12.0 Å². The van der Waals surface area contributed by atoms with Crippen molar-refractivity contribution in [3.63, 3.8) is 0 Å². The van der Waals surface area contributed by atoms with Crippen molar-refractivity contribution in [1.82, 2.24) is 9.78 Å². The molecule has 1 aromatic heterocycles. The van der Waals surface area contributed by atoms with Crippen LogP contribution in [0.4, 0.5) is 10.2 Å². The Kier molecular flexibility index (Phi) is 5.82.